The highest BCUT2D eigenvalue weighted by molar-refractivity contribution is 5.83. The van der Waals surface area contributed by atoms with E-state index in [1.165, 1.54) is 17.9 Å². The summed E-state index contributed by atoms with van der Waals surface area (Å²) in [7, 11) is 0. The Morgan fingerprint density at radius 2 is 1.77 bits per heavy atom. The molecule has 2 fully saturated rings. The summed E-state index contributed by atoms with van der Waals surface area (Å²) in [6.07, 6.45) is 7.06. The summed E-state index contributed by atoms with van der Waals surface area (Å²) < 4.78 is 47.8. The number of ether oxygens (including phenoxy) is 1. The van der Waals surface area contributed by atoms with Gasteiger partial charge in [-0.05, 0) is 74.1 Å². The van der Waals surface area contributed by atoms with E-state index in [1.54, 1.807) is 6.07 Å². The lowest BCUT2D eigenvalue weighted by Crippen LogP contribution is -2.47. The third-order valence-corrected chi connectivity index (χ3v) is 7.61. The lowest BCUT2D eigenvalue weighted by atomic mass is 9.86. The van der Waals surface area contributed by atoms with Gasteiger partial charge in [-0.25, -0.2) is 4.39 Å². The van der Waals surface area contributed by atoms with Crippen LogP contribution in [-0.4, -0.2) is 60.3 Å². The molecule has 0 radical (unpaired) electrons. The van der Waals surface area contributed by atoms with Crippen LogP contribution in [0.5, 0.6) is 5.75 Å². The molecule has 0 bridgehead atoms. The number of hydrogen-bond acceptors (Lipinski definition) is 3. The minimum atomic E-state index is -3.31. The molecule has 3 aliphatic rings. The number of likely N-dealkylation sites (tertiary alicyclic amines) is 2. The van der Waals surface area contributed by atoms with Gasteiger partial charge in [-0.15, -0.1) is 0 Å². The zero-order chi connectivity index (χ0) is 25.0. The second-order valence-corrected chi connectivity index (χ2v) is 9.98. The van der Waals surface area contributed by atoms with Crippen LogP contribution in [0.15, 0.2) is 24.3 Å². The molecule has 8 heteroatoms. The van der Waals surface area contributed by atoms with Crippen LogP contribution in [0, 0.1) is 17.7 Å². The Hall–Kier alpha value is -2.51. The number of alkyl halides is 2. The van der Waals surface area contributed by atoms with Gasteiger partial charge in [0.15, 0.2) is 11.6 Å². The summed E-state index contributed by atoms with van der Waals surface area (Å²) in [4.78, 5) is 27.7. The van der Waals surface area contributed by atoms with Gasteiger partial charge in [-0.2, -0.15) is 8.78 Å². The Kier molecular flexibility index (Phi) is 8.07. The average molecular weight is 493 g/mol. The molecule has 192 valence electrons. The summed E-state index contributed by atoms with van der Waals surface area (Å²) in [6, 6.07) is 4.96. The van der Waals surface area contributed by atoms with E-state index in [1.807, 2.05) is 11.0 Å². The Bertz CT molecular complexity index is 951. The van der Waals surface area contributed by atoms with E-state index >= 15 is 0 Å². The molecule has 5 nitrogen and oxygen atoms in total. The molecule has 35 heavy (non-hydrogen) atoms. The molecule has 1 aromatic rings. The maximum atomic E-state index is 14.8. The second kappa shape index (κ2) is 11.0. The lowest BCUT2D eigenvalue weighted by molar-refractivity contribution is -0.159. The van der Waals surface area contributed by atoms with Crippen molar-refractivity contribution in [2.45, 2.75) is 64.2 Å². The van der Waals surface area contributed by atoms with Gasteiger partial charge in [0, 0.05) is 38.5 Å². The van der Waals surface area contributed by atoms with E-state index < -0.39 is 24.1 Å². The monoisotopic (exact) mass is 492 g/mol. The first-order valence-corrected chi connectivity index (χ1v) is 12.9. The molecular formula is C27H35F3N2O3. The van der Waals surface area contributed by atoms with Crippen LogP contribution in [0.3, 0.4) is 0 Å². The third kappa shape index (κ3) is 6.01. The first-order valence-electron chi connectivity index (χ1n) is 12.9. The first kappa shape index (κ1) is 25.6. The van der Waals surface area contributed by atoms with Crippen molar-refractivity contribution >= 4 is 17.4 Å². The SMILES string of the molecule is CCC(F)(F)C(=O)N1CCC(COc2ccc(C3=CCC(C(=O)N4CCCC4)CC3)cc2F)CC1. The standard InChI is InChI=1S/C27H35F3N2O3/c1-2-27(29,30)26(34)32-15-11-19(12-16-32)18-35-24-10-9-22(17-23(24)28)20-5-7-21(8-6-20)25(33)31-13-3-4-14-31/h5,9-10,17,19,21H,2-4,6-8,11-16,18H2,1H3. The number of halogens is 3. The summed E-state index contributed by atoms with van der Waals surface area (Å²) in [5.74, 6) is -4.32. The summed E-state index contributed by atoms with van der Waals surface area (Å²) in [6.45, 7) is 3.84. The van der Waals surface area contributed by atoms with Crippen molar-refractivity contribution in [3.63, 3.8) is 0 Å². The minimum absolute atomic E-state index is 0.0271. The molecule has 1 aliphatic carbocycles. The van der Waals surface area contributed by atoms with Gasteiger partial charge >= 0.3 is 5.92 Å². The largest absolute Gasteiger partial charge is 0.490 e. The molecular weight excluding hydrogens is 457 g/mol. The van der Waals surface area contributed by atoms with E-state index in [4.69, 9.17) is 4.74 Å². The number of benzene rings is 1. The highest BCUT2D eigenvalue weighted by atomic mass is 19.3. The predicted molar refractivity (Wildman–Crippen MR) is 128 cm³/mol. The summed E-state index contributed by atoms with van der Waals surface area (Å²) >= 11 is 0. The van der Waals surface area contributed by atoms with E-state index in [-0.39, 0.29) is 43.2 Å². The Labute approximate surface area is 205 Å². The fourth-order valence-electron chi connectivity index (χ4n) is 5.23. The van der Waals surface area contributed by atoms with Crippen LogP contribution < -0.4 is 4.74 Å². The van der Waals surface area contributed by atoms with Crippen molar-refractivity contribution in [1.82, 2.24) is 9.80 Å². The van der Waals surface area contributed by atoms with Crippen molar-refractivity contribution in [2.24, 2.45) is 11.8 Å². The van der Waals surface area contributed by atoms with Crippen LogP contribution in [0.1, 0.15) is 63.9 Å². The Morgan fingerprint density at radius 3 is 2.37 bits per heavy atom. The van der Waals surface area contributed by atoms with Gasteiger partial charge in [-0.1, -0.05) is 19.1 Å². The van der Waals surface area contributed by atoms with Crippen molar-refractivity contribution in [1.29, 1.82) is 0 Å². The number of allylic oxidation sites excluding steroid dienone is 2. The predicted octanol–water partition coefficient (Wildman–Crippen LogP) is 5.29. The van der Waals surface area contributed by atoms with Crippen LogP contribution in [0.25, 0.3) is 5.57 Å². The van der Waals surface area contributed by atoms with Crippen molar-refractivity contribution in [3.05, 3.63) is 35.7 Å². The number of carbonyl (C=O) groups excluding carboxylic acids is 2. The van der Waals surface area contributed by atoms with Crippen LogP contribution in [-0.2, 0) is 9.59 Å². The zero-order valence-electron chi connectivity index (χ0n) is 20.4. The molecule has 1 aromatic carbocycles. The highest BCUT2D eigenvalue weighted by Crippen LogP contribution is 2.34. The zero-order valence-corrected chi connectivity index (χ0v) is 20.4. The summed E-state index contributed by atoms with van der Waals surface area (Å²) in [5.41, 5.74) is 1.87. The topological polar surface area (TPSA) is 49.9 Å². The normalized spacial score (nSPS) is 21.7. The van der Waals surface area contributed by atoms with E-state index in [0.29, 0.717) is 19.3 Å². The fraction of sp³-hybridized carbons (Fsp3) is 0.630. The molecule has 2 aliphatic heterocycles. The number of carbonyl (C=O) groups is 2. The van der Waals surface area contributed by atoms with Crippen molar-refractivity contribution in [3.8, 4) is 5.75 Å². The number of hydrogen-bond donors (Lipinski definition) is 0. The van der Waals surface area contributed by atoms with Crippen LogP contribution in [0.4, 0.5) is 13.2 Å². The van der Waals surface area contributed by atoms with E-state index in [2.05, 4.69) is 6.08 Å². The van der Waals surface area contributed by atoms with Gasteiger partial charge in [0.05, 0.1) is 6.61 Å². The van der Waals surface area contributed by atoms with Crippen molar-refractivity contribution < 1.29 is 27.5 Å². The number of amides is 2. The maximum absolute atomic E-state index is 14.8. The Morgan fingerprint density at radius 1 is 1.06 bits per heavy atom. The van der Waals surface area contributed by atoms with Gasteiger partial charge in [0.1, 0.15) is 0 Å². The first-order chi connectivity index (χ1) is 16.8. The molecule has 0 N–H and O–H groups in total. The van der Waals surface area contributed by atoms with Crippen LogP contribution in [0.2, 0.25) is 0 Å². The highest BCUT2D eigenvalue weighted by Gasteiger charge is 2.41. The lowest BCUT2D eigenvalue weighted by Gasteiger charge is -2.33. The Balaban J connectivity index is 1.26. The number of nitrogens with zero attached hydrogens (tertiary/aromatic N) is 2. The molecule has 1 atom stereocenters. The quantitative estimate of drug-likeness (QED) is 0.520. The molecule has 1 unspecified atom stereocenters. The van der Waals surface area contributed by atoms with E-state index in [0.717, 1.165) is 49.9 Å². The van der Waals surface area contributed by atoms with Gasteiger partial charge < -0.3 is 14.5 Å². The molecule has 4 rings (SSSR count). The average Bonchev–Trinajstić information content (AvgIpc) is 3.42. The number of piperidine rings is 1. The number of rotatable bonds is 7. The molecule has 2 saturated heterocycles. The maximum Gasteiger partial charge on any atom is 0.324 e. The molecule has 2 heterocycles. The smallest absolute Gasteiger partial charge is 0.324 e. The molecule has 0 aromatic heterocycles. The minimum Gasteiger partial charge on any atom is -0.490 e. The molecule has 0 spiro atoms. The molecule has 0 saturated carbocycles. The van der Waals surface area contributed by atoms with Gasteiger partial charge in [0.25, 0.3) is 5.91 Å². The third-order valence-electron chi connectivity index (χ3n) is 7.61. The van der Waals surface area contributed by atoms with Gasteiger partial charge in [0.2, 0.25) is 5.91 Å². The van der Waals surface area contributed by atoms with E-state index in [9.17, 15) is 22.8 Å². The van der Waals surface area contributed by atoms with Crippen molar-refractivity contribution in [2.75, 3.05) is 32.8 Å². The van der Waals surface area contributed by atoms with Crippen LogP contribution >= 0.6 is 0 Å². The molecule has 2 amide bonds. The van der Waals surface area contributed by atoms with Gasteiger partial charge in [-0.3, -0.25) is 9.59 Å². The summed E-state index contributed by atoms with van der Waals surface area (Å²) in [5, 5.41) is 0. The fourth-order valence-corrected chi connectivity index (χ4v) is 5.23. The second-order valence-electron chi connectivity index (χ2n) is 9.98.